The highest BCUT2D eigenvalue weighted by Gasteiger charge is 2.04. The van der Waals surface area contributed by atoms with Crippen molar-refractivity contribution in [1.82, 2.24) is 9.97 Å². The molecule has 31 heavy (non-hydrogen) atoms. The molecule has 0 aliphatic rings. The number of aryl methyl sites for hydroxylation is 2. The number of ether oxygens (including phenoxy) is 2. The Hall–Kier alpha value is -3.15. The smallest absolute Gasteiger partial charge is 0.0889 e. The number of pyridine rings is 1. The van der Waals surface area contributed by atoms with E-state index < -0.39 is 0 Å². The average molecular weight is 416 g/mol. The van der Waals surface area contributed by atoms with Crippen LogP contribution < -0.4 is 5.32 Å². The van der Waals surface area contributed by atoms with Crippen LogP contribution in [-0.4, -0.2) is 30.3 Å². The summed E-state index contributed by atoms with van der Waals surface area (Å²) in [6, 6.07) is 21.2. The molecule has 0 radical (unpaired) electrons. The van der Waals surface area contributed by atoms with E-state index in [-0.39, 0.29) is 0 Å². The molecule has 0 unspecified atom stereocenters. The lowest BCUT2D eigenvalue weighted by molar-refractivity contribution is 0.0602. The van der Waals surface area contributed by atoms with Gasteiger partial charge in [0.25, 0.3) is 0 Å². The monoisotopic (exact) mass is 415 g/mol. The zero-order valence-corrected chi connectivity index (χ0v) is 17.9. The number of hydrogen-bond donors (Lipinski definition) is 2. The van der Waals surface area contributed by atoms with Gasteiger partial charge in [0.1, 0.15) is 0 Å². The van der Waals surface area contributed by atoms with Gasteiger partial charge in [-0.3, -0.25) is 4.98 Å². The highest BCUT2D eigenvalue weighted by Crippen LogP contribution is 2.21. The van der Waals surface area contributed by atoms with Crippen molar-refractivity contribution in [3.63, 3.8) is 0 Å². The number of aromatic nitrogens is 2. The number of nitrogens with one attached hydrogen (secondary N) is 2. The zero-order chi connectivity index (χ0) is 21.3. The second-order valence-electron chi connectivity index (χ2n) is 7.62. The summed E-state index contributed by atoms with van der Waals surface area (Å²) < 4.78 is 10.5. The Bertz CT molecular complexity index is 1090. The molecule has 0 aliphatic heterocycles. The van der Waals surface area contributed by atoms with Crippen molar-refractivity contribution in [1.29, 1.82) is 0 Å². The highest BCUT2D eigenvalue weighted by atomic mass is 16.5. The molecular weight excluding hydrogens is 386 g/mol. The molecule has 0 atom stereocenters. The van der Waals surface area contributed by atoms with E-state index in [1.54, 1.807) is 13.3 Å². The third-order valence-electron chi connectivity index (χ3n) is 5.33. The van der Waals surface area contributed by atoms with Gasteiger partial charge in [-0.1, -0.05) is 30.3 Å². The molecular formula is C26H29N3O2. The third-order valence-corrected chi connectivity index (χ3v) is 5.33. The molecule has 0 bridgehead atoms. The van der Waals surface area contributed by atoms with Crippen molar-refractivity contribution < 1.29 is 9.47 Å². The number of methoxy groups -OCH3 is 1. The van der Waals surface area contributed by atoms with Crippen molar-refractivity contribution in [3.05, 3.63) is 89.9 Å². The van der Waals surface area contributed by atoms with Crippen LogP contribution in [0, 0.1) is 0 Å². The standard InChI is InChI=1S/C26H29N3O2/c1-30-15-16-31-19-24-17-23(13-14-27-24)29-22-11-9-20(10-12-22)5-4-6-21-18-28-26-8-3-2-7-25(21)26/h2-3,7-14,17-18,28H,4-6,15-16,19H2,1H3,(H,27,29). The Balaban J connectivity index is 1.27. The van der Waals surface area contributed by atoms with Crippen LogP contribution in [0.25, 0.3) is 10.9 Å². The van der Waals surface area contributed by atoms with Gasteiger partial charge in [0, 0.05) is 41.8 Å². The summed E-state index contributed by atoms with van der Waals surface area (Å²) in [6.45, 7) is 1.64. The van der Waals surface area contributed by atoms with Gasteiger partial charge in [-0.2, -0.15) is 0 Å². The quantitative estimate of drug-likeness (QED) is 0.311. The van der Waals surface area contributed by atoms with E-state index in [1.807, 2.05) is 12.1 Å². The number of benzene rings is 2. The van der Waals surface area contributed by atoms with Crippen LogP contribution in [0.15, 0.2) is 73.1 Å². The van der Waals surface area contributed by atoms with E-state index in [9.17, 15) is 0 Å². The first-order valence-electron chi connectivity index (χ1n) is 10.7. The van der Waals surface area contributed by atoms with Crippen LogP contribution in [0.2, 0.25) is 0 Å². The lowest BCUT2D eigenvalue weighted by Gasteiger charge is -2.09. The minimum Gasteiger partial charge on any atom is -0.382 e. The van der Waals surface area contributed by atoms with Gasteiger partial charge < -0.3 is 19.8 Å². The number of H-pyrrole nitrogens is 1. The van der Waals surface area contributed by atoms with Gasteiger partial charge >= 0.3 is 0 Å². The molecule has 2 aromatic heterocycles. The van der Waals surface area contributed by atoms with E-state index in [0.29, 0.717) is 19.8 Å². The molecule has 0 spiro atoms. The number of nitrogens with zero attached hydrogens (tertiary/aromatic N) is 1. The molecule has 2 N–H and O–H groups in total. The van der Waals surface area contributed by atoms with E-state index in [1.165, 1.54) is 22.0 Å². The first-order valence-corrected chi connectivity index (χ1v) is 10.7. The molecule has 0 amide bonds. The molecule has 0 saturated heterocycles. The molecule has 4 aromatic rings. The number of anilines is 2. The average Bonchev–Trinajstić information content (AvgIpc) is 3.21. The number of aromatic amines is 1. The van der Waals surface area contributed by atoms with Crippen LogP contribution >= 0.6 is 0 Å². The van der Waals surface area contributed by atoms with Gasteiger partial charge in [0.15, 0.2) is 0 Å². The Labute approximate surface area is 183 Å². The van der Waals surface area contributed by atoms with Crippen LogP contribution in [0.3, 0.4) is 0 Å². The largest absolute Gasteiger partial charge is 0.382 e. The Kier molecular flexibility index (Phi) is 7.32. The molecule has 2 heterocycles. The Morgan fingerprint density at radius 1 is 0.935 bits per heavy atom. The summed E-state index contributed by atoms with van der Waals surface area (Å²) >= 11 is 0. The zero-order valence-electron chi connectivity index (χ0n) is 17.9. The summed E-state index contributed by atoms with van der Waals surface area (Å²) in [6.07, 6.45) is 7.22. The number of para-hydroxylation sites is 1. The van der Waals surface area contributed by atoms with Gasteiger partial charge in [-0.15, -0.1) is 0 Å². The van der Waals surface area contributed by atoms with Crippen LogP contribution in [-0.2, 0) is 28.9 Å². The van der Waals surface area contributed by atoms with Gasteiger partial charge in [-0.25, -0.2) is 0 Å². The first kappa shape index (κ1) is 21.1. The molecule has 4 rings (SSSR count). The van der Waals surface area contributed by atoms with Crippen molar-refractivity contribution in [2.45, 2.75) is 25.9 Å². The fourth-order valence-corrected chi connectivity index (χ4v) is 3.70. The lowest BCUT2D eigenvalue weighted by atomic mass is 10.0. The van der Waals surface area contributed by atoms with Crippen molar-refractivity contribution >= 4 is 22.3 Å². The van der Waals surface area contributed by atoms with Crippen molar-refractivity contribution in [2.75, 3.05) is 25.6 Å². The van der Waals surface area contributed by atoms with Crippen molar-refractivity contribution in [3.8, 4) is 0 Å². The van der Waals surface area contributed by atoms with Crippen LogP contribution in [0.5, 0.6) is 0 Å². The van der Waals surface area contributed by atoms with Gasteiger partial charge in [0.05, 0.1) is 25.5 Å². The molecule has 5 heteroatoms. The molecule has 5 nitrogen and oxygen atoms in total. The summed E-state index contributed by atoms with van der Waals surface area (Å²) in [7, 11) is 1.67. The summed E-state index contributed by atoms with van der Waals surface area (Å²) in [5.41, 5.74) is 6.94. The van der Waals surface area contributed by atoms with E-state index in [2.05, 4.69) is 70.0 Å². The molecule has 2 aromatic carbocycles. The fraction of sp³-hybridized carbons (Fsp3) is 0.269. The maximum Gasteiger partial charge on any atom is 0.0889 e. The molecule has 0 fully saturated rings. The van der Waals surface area contributed by atoms with E-state index in [4.69, 9.17) is 9.47 Å². The predicted molar refractivity (Wildman–Crippen MR) is 126 cm³/mol. The minimum absolute atomic E-state index is 0.480. The van der Waals surface area contributed by atoms with Crippen LogP contribution in [0.1, 0.15) is 23.2 Å². The fourth-order valence-electron chi connectivity index (χ4n) is 3.70. The normalized spacial score (nSPS) is 11.1. The predicted octanol–water partition coefficient (Wildman–Crippen LogP) is 5.64. The van der Waals surface area contributed by atoms with E-state index >= 15 is 0 Å². The van der Waals surface area contributed by atoms with Crippen molar-refractivity contribution in [2.24, 2.45) is 0 Å². The second kappa shape index (κ2) is 10.8. The van der Waals surface area contributed by atoms with E-state index in [0.717, 1.165) is 36.3 Å². The highest BCUT2D eigenvalue weighted by molar-refractivity contribution is 5.83. The van der Waals surface area contributed by atoms with Gasteiger partial charge in [-0.05, 0) is 60.7 Å². The maximum atomic E-state index is 5.55. The molecule has 160 valence electrons. The summed E-state index contributed by atoms with van der Waals surface area (Å²) in [5, 5.41) is 4.78. The Morgan fingerprint density at radius 3 is 2.68 bits per heavy atom. The van der Waals surface area contributed by atoms with Crippen LogP contribution in [0.4, 0.5) is 11.4 Å². The lowest BCUT2D eigenvalue weighted by Crippen LogP contribution is -2.03. The number of fused-ring (bicyclic) bond motifs is 1. The summed E-state index contributed by atoms with van der Waals surface area (Å²) in [4.78, 5) is 7.72. The van der Waals surface area contributed by atoms with Gasteiger partial charge in [0.2, 0.25) is 0 Å². The topological polar surface area (TPSA) is 59.2 Å². The molecule has 0 saturated carbocycles. The maximum absolute atomic E-state index is 5.55. The first-order chi connectivity index (χ1) is 15.3. The number of rotatable bonds is 11. The SMILES string of the molecule is COCCOCc1cc(Nc2ccc(CCCc3c[nH]c4ccccc34)cc2)ccn1. The summed E-state index contributed by atoms with van der Waals surface area (Å²) in [5.74, 6) is 0. The minimum atomic E-state index is 0.480. The second-order valence-corrected chi connectivity index (χ2v) is 7.62. The number of hydrogen-bond acceptors (Lipinski definition) is 4. The molecule has 0 aliphatic carbocycles. The Morgan fingerprint density at radius 2 is 1.81 bits per heavy atom. The third kappa shape index (κ3) is 5.94.